The molecule has 0 aliphatic heterocycles. The normalized spacial score (nSPS) is 17.2. The van der Waals surface area contributed by atoms with Gasteiger partial charge in [0.25, 0.3) is 0 Å². The molecule has 5 aromatic carbocycles. The summed E-state index contributed by atoms with van der Waals surface area (Å²) in [5, 5.41) is 1.99. The number of aryl methyl sites for hydroxylation is 2. The summed E-state index contributed by atoms with van der Waals surface area (Å²) in [6.07, 6.45) is 3.77. The Hall–Kier alpha value is -4.99. The van der Waals surface area contributed by atoms with Crippen LogP contribution in [0.4, 0.5) is 0 Å². The number of rotatable bonds is 5. The number of ether oxygens (including phenoxy) is 1. The van der Waals surface area contributed by atoms with Gasteiger partial charge in [0.2, 0.25) is 0 Å². The first-order valence-corrected chi connectivity index (χ1v) is 17.7. The Kier molecular flexibility index (Phi) is 6.51. The van der Waals surface area contributed by atoms with Gasteiger partial charge in [-0.2, -0.15) is 0 Å². The van der Waals surface area contributed by atoms with Crippen LogP contribution in [0.5, 0.6) is 11.5 Å². The van der Waals surface area contributed by atoms with E-state index in [0.29, 0.717) is 28.8 Å². The van der Waals surface area contributed by atoms with Crippen molar-refractivity contribution in [1.82, 2.24) is 18.7 Å². The molecule has 3 heterocycles. The van der Waals surface area contributed by atoms with Crippen molar-refractivity contribution in [3.05, 3.63) is 148 Å². The van der Waals surface area contributed by atoms with Crippen LogP contribution in [-0.4, -0.2) is 18.7 Å². The van der Waals surface area contributed by atoms with Crippen LogP contribution < -0.4 is 4.74 Å². The summed E-state index contributed by atoms with van der Waals surface area (Å²) in [7, 11) is 2.12. The quantitative estimate of drug-likeness (QED) is 0.162. The zero-order valence-electron chi connectivity index (χ0n) is 30.1. The van der Waals surface area contributed by atoms with Crippen molar-refractivity contribution in [2.45, 2.75) is 38.6 Å². The number of benzene rings is 5. The van der Waals surface area contributed by atoms with E-state index in [1.54, 1.807) is 12.3 Å². The van der Waals surface area contributed by atoms with Crippen molar-refractivity contribution < 1.29 is 28.2 Å². The standard InChI is InChI=1S/C43H34N4O.Pt/c1-28-17-22-38(46-27-45(3)40-15-9-10-16-41(40)46)36-24-31(18-20-33(28)36)48-32-19-21-35-34-13-7-8-14-39(34)47(42(35)25-32)43-23-29(2)37(26-44-43)30-11-5-4-6-12-30;/h4-16,18-21,23,26,28,38H,17,22H2,1-3H3;/q-2;/i2D3;. The van der Waals surface area contributed by atoms with Gasteiger partial charge in [-0.3, -0.25) is 0 Å². The molecule has 0 spiro atoms. The van der Waals surface area contributed by atoms with Gasteiger partial charge in [-0.05, 0) is 30.1 Å². The number of pyridine rings is 1. The van der Waals surface area contributed by atoms with E-state index in [2.05, 4.69) is 91.0 Å². The molecule has 0 saturated heterocycles. The molecule has 1 aliphatic carbocycles. The van der Waals surface area contributed by atoms with E-state index >= 15 is 0 Å². The molecule has 9 rings (SSSR count). The van der Waals surface area contributed by atoms with Crippen molar-refractivity contribution in [2.75, 3.05) is 0 Å². The Balaban J connectivity index is 1.15. The molecule has 2 atom stereocenters. The fraction of sp³-hybridized carbons (Fsp3) is 0.163. The second kappa shape index (κ2) is 11.9. The third-order valence-electron chi connectivity index (χ3n) is 9.95. The maximum atomic E-state index is 8.43. The van der Waals surface area contributed by atoms with Crippen molar-refractivity contribution in [1.29, 1.82) is 0 Å². The molecule has 49 heavy (non-hydrogen) atoms. The summed E-state index contributed by atoms with van der Waals surface area (Å²) in [5.74, 6) is 2.09. The molecule has 6 heteroatoms. The van der Waals surface area contributed by atoms with Crippen LogP contribution in [0.1, 0.15) is 52.5 Å². The zero-order valence-corrected chi connectivity index (χ0v) is 29.3. The Morgan fingerprint density at radius 1 is 0.816 bits per heavy atom. The average molecular weight is 821 g/mol. The van der Waals surface area contributed by atoms with E-state index < -0.39 is 6.85 Å². The van der Waals surface area contributed by atoms with Gasteiger partial charge < -0.3 is 0 Å². The average Bonchev–Trinajstić information content (AvgIpc) is 3.61. The molecule has 0 N–H and O–H groups in total. The summed E-state index contributed by atoms with van der Waals surface area (Å²) in [6.45, 7) is -0.0550. The molecule has 0 radical (unpaired) electrons. The van der Waals surface area contributed by atoms with Crippen LogP contribution in [0.15, 0.2) is 115 Å². The predicted octanol–water partition coefficient (Wildman–Crippen LogP) is 10.4. The molecule has 0 amide bonds. The van der Waals surface area contributed by atoms with E-state index in [-0.39, 0.29) is 11.6 Å². The van der Waals surface area contributed by atoms with Gasteiger partial charge in [-0.1, -0.05) is 48.5 Å². The monoisotopic (exact) mass is 820 g/mol. The molecule has 1 aliphatic rings. The summed E-state index contributed by atoms with van der Waals surface area (Å²) in [5.41, 5.74) is 8.16. The SMILES string of the molecule is [2H]C([2H])([2H])c1cc(-n2c3[c-]c(Oc4[c-]c5c(cc4)C(C)CCC5n4[c](=[Pt])n(C)c5ccccc54)ccc3c3ccccc32)ncc1-c1ccccc1. The van der Waals surface area contributed by atoms with Gasteiger partial charge >= 0.3 is 202 Å². The van der Waals surface area contributed by atoms with Crippen molar-refractivity contribution in [2.24, 2.45) is 7.05 Å². The summed E-state index contributed by atoms with van der Waals surface area (Å²) < 4.78 is 39.7. The first-order chi connectivity index (χ1) is 25.2. The first kappa shape index (κ1) is 26.9. The van der Waals surface area contributed by atoms with Crippen LogP contribution in [0, 0.1) is 22.8 Å². The summed E-state index contributed by atoms with van der Waals surface area (Å²) in [6, 6.07) is 43.4. The summed E-state index contributed by atoms with van der Waals surface area (Å²) >= 11 is 2.44. The Morgan fingerprint density at radius 2 is 1.55 bits per heavy atom. The number of nitrogens with zero attached hydrogens (tertiary/aromatic N) is 4. The number of hydrogen-bond acceptors (Lipinski definition) is 2. The predicted molar refractivity (Wildman–Crippen MR) is 193 cm³/mol. The third kappa shape index (κ3) is 4.94. The van der Waals surface area contributed by atoms with E-state index in [9.17, 15) is 0 Å². The van der Waals surface area contributed by atoms with Crippen molar-refractivity contribution in [3.8, 4) is 28.4 Å². The number of para-hydroxylation sites is 3. The van der Waals surface area contributed by atoms with Crippen LogP contribution in [0.3, 0.4) is 0 Å². The fourth-order valence-electron chi connectivity index (χ4n) is 7.52. The molecule has 0 bridgehead atoms. The number of fused-ring (bicyclic) bond motifs is 5. The Morgan fingerprint density at radius 3 is 2.39 bits per heavy atom. The van der Waals surface area contributed by atoms with E-state index in [1.807, 2.05) is 71.3 Å². The van der Waals surface area contributed by atoms with Crippen LogP contribution in [-0.2, 0) is 26.4 Å². The van der Waals surface area contributed by atoms with E-state index in [4.69, 9.17) is 13.8 Å². The molecular formula is C43H34N4OPt-2. The first-order valence-electron chi connectivity index (χ1n) is 18.0. The molecule has 5 nitrogen and oxygen atoms in total. The van der Waals surface area contributed by atoms with Crippen molar-refractivity contribution >= 4 is 32.8 Å². The van der Waals surface area contributed by atoms with E-state index in [0.717, 1.165) is 45.8 Å². The second-order valence-electron chi connectivity index (χ2n) is 12.8. The minimum atomic E-state index is -2.35. The minimum absolute atomic E-state index is 0.125. The maximum absolute atomic E-state index is 8.43. The van der Waals surface area contributed by atoms with Gasteiger partial charge in [0.1, 0.15) is 0 Å². The third-order valence-corrected chi connectivity index (χ3v) is 11.3. The molecule has 2 unspecified atom stereocenters. The van der Waals surface area contributed by atoms with Crippen molar-refractivity contribution in [3.63, 3.8) is 0 Å². The molecule has 3 aromatic heterocycles. The second-order valence-corrected chi connectivity index (χ2v) is 13.9. The van der Waals surface area contributed by atoms with Gasteiger partial charge in [-0.25, -0.2) is 4.98 Å². The van der Waals surface area contributed by atoms with Gasteiger partial charge in [-0.15, -0.1) is 0 Å². The molecule has 244 valence electrons. The minimum Gasteiger partial charge on any atom is -0.238 e. The molecule has 0 fully saturated rings. The zero-order chi connectivity index (χ0) is 35.7. The molecular weight excluding hydrogens is 784 g/mol. The topological polar surface area (TPSA) is 36.9 Å². The van der Waals surface area contributed by atoms with Crippen LogP contribution >= 0.6 is 0 Å². The number of aromatic nitrogens is 4. The number of hydrogen-bond donors (Lipinski definition) is 0. The number of imidazole rings is 1. The molecule has 0 saturated carbocycles. The van der Waals surface area contributed by atoms with Crippen LogP contribution in [0.2, 0.25) is 0 Å². The molecule has 8 aromatic rings. The van der Waals surface area contributed by atoms with Gasteiger partial charge in [0.05, 0.1) is 0 Å². The van der Waals surface area contributed by atoms with E-state index in [1.165, 1.54) is 20.4 Å². The van der Waals surface area contributed by atoms with Crippen LogP contribution in [0.25, 0.3) is 49.8 Å². The summed E-state index contributed by atoms with van der Waals surface area (Å²) in [4.78, 5) is 4.85. The Labute approximate surface area is 300 Å². The Bertz CT molecular complexity index is 2730. The van der Waals surface area contributed by atoms with Gasteiger partial charge in [0, 0.05) is 15.9 Å². The smallest absolute Gasteiger partial charge is 0.238 e. The van der Waals surface area contributed by atoms with Gasteiger partial charge in [0.15, 0.2) is 0 Å². The fourth-order valence-corrected chi connectivity index (χ4v) is 8.42.